The van der Waals surface area contributed by atoms with Crippen molar-refractivity contribution >= 4 is 11.3 Å². The third kappa shape index (κ3) is 1.39. The molecule has 1 aromatic carbocycles. The highest BCUT2D eigenvalue weighted by atomic mass is 15.2. The van der Waals surface area contributed by atoms with Gasteiger partial charge in [0.05, 0.1) is 6.20 Å². The van der Waals surface area contributed by atoms with Gasteiger partial charge < -0.3 is 5.32 Å². The van der Waals surface area contributed by atoms with E-state index in [1.54, 1.807) is 10.7 Å². The van der Waals surface area contributed by atoms with Crippen molar-refractivity contribution in [2.75, 3.05) is 11.9 Å². The number of hydrogen-bond donors (Lipinski definition) is 1. The summed E-state index contributed by atoms with van der Waals surface area (Å²) < 4.78 is 1.81. The molecule has 2 aromatic heterocycles. The lowest BCUT2D eigenvalue weighted by Gasteiger charge is -2.05. The molecule has 0 amide bonds. The van der Waals surface area contributed by atoms with E-state index in [2.05, 4.69) is 33.6 Å². The fourth-order valence-electron chi connectivity index (χ4n) is 2.44. The Morgan fingerprint density at radius 3 is 3.17 bits per heavy atom. The third-order valence-corrected chi connectivity index (χ3v) is 3.40. The average molecular weight is 236 g/mol. The van der Waals surface area contributed by atoms with Crippen LogP contribution in [-0.4, -0.2) is 21.1 Å². The zero-order chi connectivity index (χ0) is 11.9. The van der Waals surface area contributed by atoms with Gasteiger partial charge in [-0.05, 0) is 29.7 Å². The number of nitrogens with one attached hydrogen (secondary N) is 1. The summed E-state index contributed by atoms with van der Waals surface area (Å²) in [6.45, 7) is 1.04. The van der Waals surface area contributed by atoms with E-state index < -0.39 is 0 Å². The van der Waals surface area contributed by atoms with E-state index in [-0.39, 0.29) is 0 Å². The highest BCUT2D eigenvalue weighted by Gasteiger charge is 2.11. The van der Waals surface area contributed by atoms with Crippen molar-refractivity contribution in [3.05, 3.63) is 48.4 Å². The van der Waals surface area contributed by atoms with E-state index in [1.807, 2.05) is 18.5 Å². The molecule has 0 fully saturated rings. The van der Waals surface area contributed by atoms with Crippen molar-refractivity contribution in [3.63, 3.8) is 0 Å². The number of aromatic nitrogens is 3. The van der Waals surface area contributed by atoms with Gasteiger partial charge in [0.1, 0.15) is 0 Å². The first-order valence-electron chi connectivity index (χ1n) is 6.07. The molecule has 0 unspecified atom stereocenters. The van der Waals surface area contributed by atoms with Crippen LogP contribution in [0.2, 0.25) is 0 Å². The summed E-state index contributed by atoms with van der Waals surface area (Å²) in [5, 5.41) is 7.59. The predicted molar refractivity (Wildman–Crippen MR) is 70.6 cm³/mol. The molecule has 3 aromatic rings. The summed E-state index contributed by atoms with van der Waals surface area (Å²) in [5.41, 5.74) is 5.81. The van der Waals surface area contributed by atoms with Crippen LogP contribution in [0, 0.1) is 0 Å². The maximum absolute atomic E-state index is 4.40. The summed E-state index contributed by atoms with van der Waals surface area (Å²) in [6, 6.07) is 8.41. The summed E-state index contributed by atoms with van der Waals surface area (Å²) in [4.78, 5) is 4.40. The number of anilines is 1. The molecule has 1 N–H and O–H groups in total. The smallest absolute Gasteiger partial charge is 0.154 e. The van der Waals surface area contributed by atoms with E-state index in [4.69, 9.17) is 0 Å². The second-order valence-electron chi connectivity index (χ2n) is 4.53. The minimum atomic E-state index is 0.876. The Balaban J connectivity index is 1.86. The van der Waals surface area contributed by atoms with Crippen LogP contribution < -0.4 is 5.32 Å². The Hall–Kier alpha value is -2.36. The molecule has 0 bridgehead atoms. The van der Waals surface area contributed by atoms with Gasteiger partial charge in [-0.15, -0.1) is 0 Å². The molecule has 1 aliphatic heterocycles. The average Bonchev–Trinajstić information content (AvgIpc) is 3.05. The molecule has 0 saturated heterocycles. The summed E-state index contributed by atoms with van der Waals surface area (Å²) >= 11 is 0. The van der Waals surface area contributed by atoms with Gasteiger partial charge in [-0.25, -0.2) is 9.50 Å². The molecule has 0 aliphatic carbocycles. The molecule has 88 valence electrons. The molecular weight excluding hydrogens is 224 g/mol. The van der Waals surface area contributed by atoms with Crippen molar-refractivity contribution < 1.29 is 0 Å². The van der Waals surface area contributed by atoms with E-state index in [1.165, 1.54) is 16.8 Å². The Morgan fingerprint density at radius 1 is 1.17 bits per heavy atom. The van der Waals surface area contributed by atoms with Crippen LogP contribution in [0.1, 0.15) is 5.56 Å². The Morgan fingerprint density at radius 2 is 2.17 bits per heavy atom. The first kappa shape index (κ1) is 9.65. The first-order valence-corrected chi connectivity index (χ1v) is 6.07. The summed E-state index contributed by atoms with van der Waals surface area (Å²) in [5.74, 6) is 0. The van der Waals surface area contributed by atoms with Crippen molar-refractivity contribution in [2.24, 2.45) is 0 Å². The van der Waals surface area contributed by atoms with Gasteiger partial charge in [-0.3, -0.25) is 0 Å². The molecule has 4 heteroatoms. The Bertz CT molecular complexity index is 729. The van der Waals surface area contributed by atoms with Crippen LogP contribution in [-0.2, 0) is 6.42 Å². The van der Waals surface area contributed by atoms with Crippen LogP contribution in [0.5, 0.6) is 0 Å². The topological polar surface area (TPSA) is 42.2 Å². The number of fused-ring (bicyclic) bond motifs is 2. The van der Waals surface area contributed by atoms with E-state index in [0.29, 0.717) is 0 Å². The highest BCUT2D eigenvalue weighted by molar-refractivity contribution is 5.69. The monoisotopic (exact) mass is 236 g/mol. The lowest BCUT2D eigenvalue weighted by atomic mass is 10.0. The lowest BCUT2D eigenvalue weighted by Crippen LogP contribution is -1.91. The SMILES string of the molecule is c1cc2ncc(-c3ccc4c(c3)CCN4)cn2n1. The maximum Gasteiger partial charge on any atom is 0.154 e. The van der Waals surface area contributed by atoms with Gasteiger partial charge >= 0.3 is 0 Å². The number of hydrogen-bond acceptors (Lipinski definition) is 3. The second-order valence-corrected chi connectivity index (χ2v) is 4.53. The van der Waals surface area contributed by atoms with E-state index in [9.17, 15) is 0 Å². The zero-order valence-electron chi connectivity index (χ0n) is 9.80. The molecule has 0 radical (unpaired) electrons. The molecule has 4 nitrogen and oxygen atoms in total. The van der Waals surface area contributed by atoms with Gasteiger partial charge in [-0.2, -0.15) is 5.10 Å². The van der Waals surface area contributed by atoms with Gasteiger partial charge in [0.25, 0.3) is 0 Å². The van der Waals surface area contributed by atoms with Crippen molar-refractivity contribution in [1.82, 2.24) is 14.6 Å². The third-order valence-electron chi connectivity index (χ3n) is 3.40. The van der Waals surface area contributed by atoms with Crippen LogP contribution >= 0.6 is 0 Å². The largest absolute Gasteiger partial charge is 0.384 e. The molecule has 3 heterocycles. The first-order chi connectivity index (χ1) is 8.90. The van der Waals surface area contributed by atoms with Crippen LogP contribution in [0.4, 0.5) is 5.69 Å². The normalized spacial score (nSPS) is 13.6. The quantitative estimate of drug-likeness (QED) is 0.705. The highest BCUT2D eigenvalue weighted by Crippen LogP contribution is 2.28. The predicted octanol–water partition coefficient (Wildman–Crippen LogP) is 2.36. The molecule has 1 aliphatic rings. The minimum absolute atomic E-state index is 0.876. The van der Waals surface area contributed by atoms with Gasteiger partial charge in [0.2, 0.25) is 0 Å². The van der Waals surface area contributed by atoms with Gasteiger partial charge in [0, 0.05) is 36.3 Å². The van der Waals surface area contributed by atoms with Crippen LogP contribution in [0.25, 0.3) is 16.8 Å². The Labute approximate surface area is 104 Å². The molecule has 0 spiro atoms. The number of rotatable bonds is 1. The molecule has 4 rings (SSSR count). The van der Waals surface area contributed by atoms with Crippen molar-refractivity contribution in [1.29, 1.82) is 0 Å². The lowest BCUT2D eigenvalue weighted by molar-refractivity contribution is 0.941. The van der Waals surface area contributed by atoms with Crippen LogP contribution in [0.15, 0.2) is 42.9 Å². The zero-order valence-corrected chi connectivity index (χ0v) is 9.80. The van der Waals surface area contributed by atoms with Crippen molar-refractivity contribution in [2.45, 2.75) is 6.42 Å². The standard InChI is InChI=1S/C14H12N4/c1-2-13-11(3-5-15-13)7-10(1)12-8-16-14-4-6-17-18(14)9-12/h1-2,4,6-9,15H,3,5H2. The molecular formula is C14H12N4. The Kier molecular flexibility index (Phi) is 1.91. The van der Waals surface area contributed by atoms with Crippen molar-refractivity contribution in [3.8, 4) is 11.1 Å². The molecule has 0 saturated carbocycles. The van der Waals surface area contributed by atoms with Crippen LogP contribution in [0.3, 0.4) is 0 Å². The van der Waals surface area contributed by atoms with Gasteiger partial charge in [-0.1, -0.05) is 6.07 Å². The van der Waals surface area contributed by atoms with Gasteiger partial charge in [0.15, 0.2) is 5.65 Å². The second kappa shape index (κ2) is 3.57. The van der Waals surface area contributed by atoms with E-state index in [0.717, 1.165) is 24.2 Å². The number of nitrogens with zero attached hydrogens (tertiary/aromatic N) is 3. The fourth-order valence-corrected chi connectivity index (χ4v) is 2.44. The summed E-state index contributed by atoms with van der Waals surface area (Å²) in [7, 11) is 0. The number of benzene rings is 1. The van der Waals surface area contributed by atoms with E-state index >= 15 is 0 Å². The maximum atomic E-state index is 4.40. The fraction of sp³-hybridized carbons (Fsp3) is 0.143. The summed E-state index contributed by atoms with van der Waals surface area (Å²) in [6.07, 6.45) is 6.78. The minimum Gasteiger partial charge on any atom is -0.384 e. The molecule has 0 atom stereocenters. The molecule has 18 heavy (non-hydrogen) atoms.